The molecule has 0 bridgehead atoms. The Morgan fingerprint density at radius 1 is 1.03 bits per heavy atom. The fourth-order valence-electron chi connectivity index (χ4n) is 5.34. The molecule has 7 nitrogen and oxygen atoms in total. The fourth-order valence-corrected chi connectivity index (χ4v) is 5.34. The van der Waals surface area contributed by atoms with Crippen LogP contribution in [0.15, 0.2) is 48.5 Å². The van der Waals surface area contributed by atoms with E-state index in [-0.39, 0.29) is 42.9 Å². The molecular weight excluding hydrogens is 444 g/mol. The van der Waals surface area contributed by atoms with Gasteiger partial charge in [-0.1, -0.05) is 61.9 Å². The zero-order chi connectivity index (χ0) is 24.8. The molecule has 0 aliphatic heterocycles. The molecule has 0 radical (unpaired) electrons. The van der Waals surface area contributed by atoms with Crippen LogP contribution in [-0.2, 0) is 14.3 Å². The highest BCUT2D eigenvalue weighted by atomic mass is 16.5. The summed E-state index contributed by atoms with van der Waals surface area (Å²) in [5.41, 5.74) is 4.69. The number of alkyl carbamates (subject to hydrolysis) is 1. The normalized spacial score (nSPS) is 19.8. The van der Waals surface area contributed by atoms with E-state index >= 15 is 0 Å². The molecule has 2 aliphatic rings. The Bertz CT molecular complexity index is 1020. The average Bonchev–Trinajstić information content (AvgIpc) is 3.19. The molecule has 7 heteroatoms. The number of hydrogen-bond acceptors (Lipinski definition) is 4. The molecular formula is C28H34N2O5. The first-order valence-corrected chi connectivity index (χ1v) is 12.6. The molecule has 0 aromatic heterocycles. The lowest BCUT2D eigenvalue weighted by Gasteiger charge is -2.27. The van der Waals surface area contributed by atoms with Gasteiger partial charge in [0.15, 0.2) is 0 Å². The summed E-state index contributed by atoms with van der Waals surface area (Å²) in [7, 11) is 0. The molecule has 2 amide bonds. The molecule has 1 unspecified atom stereocenters. The van der Waals surface area contributed by atoms with Gasteiger partial charge in [-0.25, -0.2) is 4.79 Å². The van der Waals surface area contributed by atoms with Gasteiger partial charge in [0.25, 0.3) is 0 Å². The largest absolute Gasteiger partial charge is 0.481 e. The molecule has 2 aromatic carbocycles. The lowest BCUT2D eigenvalue weighted by Crippen LogP contribution is -2.41. The van der Waals surface area contributed by atoms with E-state index in [2.05, 4.69) is 34.9 Å². The van der Waals surface area contributed by atoms with Crippen LogP contribution in [0.5, 0.6) is 0 Å². The standard InChI is InChI=1S/C28H34N2O5/c1-2-19(14-15-26(31)29-20-9-7-8-18(16-20)27(32)33)30-28(34)35-17-25-23-12-5-3-10-21(23)22-11-4-6-13-24(22)25/h3-6,10-13,18-20,25H,2,7-9,14-17H2,1H3,(H,29,31)(H,30,34)(H,32,33)/t18-,19?,20+/m0/s1. The van der Waals surface area contributed by atoms with E-state index in [1.54, 1.807) is 0 Å². The Morgan fingerprint density at radius 3 is 2.31 bits per heavy atom. The average molecular weight is 479 g/mol. The Morgan fingerprint density at radius 2 is 1.69 bits per heavy atom. The van der Waals surface area contributed by atoms with Gasteiger partial charge in [-0.05, 0) is 54.4 Å². The first-order chi connectivity index (χ1) is 17.0. The van der Waals surface area contributed by atoms with Gasteiger partial charge < -0.3 is 20.5 Å². The number of carboxylic acid groups (broad SMARTS) is 1. The molecule has 3 atom stereocenters. The number of amides is 2. The van der Waals surface area contributed by atoms with Crippen LogP contribution < -0.4 is 10.6 Å². The van der Waals surface area contributed by atoms with Gasteiger partial charge in [0, 0.05) is 24.4 Å². The SMILES string of the molecule is CCC(CCC(=O)N[C@@H]1CCC[C@H](C(=O)O)C1)NC(=O)OCC1c2ccccc2-c2ccccc21. The van der Waals surface area contributed by atoms with Crippen molar-refractivity contribution in [2.45, 2.75) is 69.9 Å². The van der Waals surface area contributed by atoms with Crippen LogP contribution in [0.25, 0.3) is 11.1 Å². The minimum absolute atomic E-state index is 0.00382. The molecule has 1 fully saturated rings. The molecule has 1 saturated carbocycles. The van der Waals surface area contributed by atoms with E-state index in [1.807, 2.05) is 31.2 Å². The van der Waals surface area contributed by atoms with Crippen molar-refractivity contribution in [2.24, 2.45) is 5.92 Å². The van der Waals surface area contributed by atoms with Gasteiger partial charge in [0.1, 0.15) is 6.61 Å². The maximum Gasteiger partial charge on any atom is 0.407 e. The van der Waals surface area contributed by atoms with Gasteiger partial charge in [0.2, 0.25) is 5.91 Å². The monoisotopic (exact) mass is 478 g/mol. The minimum atomic E-state index is -0.790. The Labute approximate surface area is 206 Å². The van der Waals surface area contributed by atoms with Crippen LogP contribution in [0.4, 0.5) is 4.79 Å². The summed E-state index contributed by atoms with van der Waals surface area (Å²) in [5.74, 6) is -1.27. The van der Waals surface area contributed by atoms with E-state index in [0.717, 1.165) is 24.0 Å². The van der Waals surface area contributed by atoms with Crippen molar-refractivity contribution in [3.8, 4) is 11.1 Å². The van der Waals surface area contributed by atoms with Gasteiger partial charge in [-0.15, -0.1) is 0 Å². The van der Waals surface area contributed by atoms with Crippen molar-refractivity contribution < 1.29 is 24.2 Å². The maximum absolute atomic E-state index is 12.6. The number of hydrogen-bond donors (Lipinski definition) is 3. The van der Waals surface area contributed by atoms with E-state index in [0.29, 0.717) is 25.7 Å². The van der Waals surface area contributed by atoms with Crippen molar-refractivity contribution in [1.82, 2.24) is 10.6 Å². The van der Waals surface area contributed by atoms with Gasteiger partial charge in [0.05, 0.1) is 5.92 Å². The summed E-state index contributed by atoms with van der Waals surface area (Å²) in [6.45, 7) is 2.22. The van der Waals surface area contributed by atoms with E-state index in [1.165, 1.54) is 11.1 Å². The number of fused-ring (bicyclic) bond motifs is 3. The van der Waals surface area contributed by atoms with Crippen molar-refractivity contribution in [1.29, 1.82) is 0 Å². The van der Waals surface area contributed by atoms with Crippen molar-refractivity contribution in [3.05, 3.63) is 59.7 Å². The number of carbonyl (C=O) groups excluding carboxylic acids is 2. The quantitative estimate of drug-likeness (QED) is 0.478. The summed E-state index contributed by atoms with van der Waals surface area (Å²) in [5, 5.41) is 15.1. The molecule has 35 heavy (non-hydrogen) atoms. The number of carboxylic acids is 1. The minimum Gasteiger partial charge on any atom is -0.481 e. The number of carbonyl (C=O) groups is 3. The number of nitrogens with one attached hydrogen (secondary N) is 2. The van der Waals surface area contributed by atoms with E-state index < -0.39 is 12.1 Å². The molecule has 4 rings (SSSR count). The van der Waals surface area contributed by atoms with Crippen LogP contribution in [0.1, 0.15) is 68.9 Å². The highest BCUT2D eigenvalue weighted by molar-refractivity contribution is 5.79. The summed E-state index contributed by atoms with van der Waals surface area (Å²) >= 11 is 0. The lowest BCUT2D eigenvalue weighted by molar-refractivity contribution is -0.143. The van der Waals surface area contributed by atoms with E-state index in [9.17, 15) is 19.5 Å². The smallest absolute Gasteiger partial charge is 0.407 e. The summed E-state index contributed by atoms with van der Waals surface area (Å²) in [4.78, 5) is 36.2. The third kappa shape index (κ3) is 6.02. The van der Waals surface area contributed by atoms with Crippen molar-refractivity contribution >= 4 is 18.0 Å². The third-order valence-corrected chi connectivity index (χ3v) is 7.27. The molecule has 0 saturated heterocycles. The lowest BCUT2D eigenvalue weighted by atomic mass is 9.85. The van der Waals surface area contributed by atoms with Gasteiger partial charge in [-0.3, -0.25) is 9.59 Å². The Kier molecular flexibility index (Phi) is 8.06. The van der Waals surface area contributed by atoms with Gasteiger partial charge in [-0.2, -0.15) is 0 Å². The van der Waals surface area contributed by atoms with E-state index in [4.69, 9.17) is 4.74 Å². The number of aliphatic carboxylic acids is 1. The highest BCUT2D eigenvalue weighted by Crippen LogP contribution is 2.44. The number of benzene rings is 2. The predicted molar refractivity (Wildman–Crippen MR) is 133 cm³/mol. The second-order valence-corrected chi connectivity index (χ2v) is 9.58. The molecule has 3 N–H and O–H groups in total. The zero-order valence-corrected chi connectivity index (χ0v) is 20.2. The molecule has 186 valence electrons. The first kappa shape index (κ1) is 24.8. The third-order valence-electron chi connectivity index (χ3n) is 7.27. The molecule has 2 aromatic rings. The van der Waals surface area contributed by atoms with Crippen LogP contribution in [0, 0.1) is 5.92 Å². The topological polar surface area (TPSA) is 105 Å². The summed E-state index contributed by atoms with van der Waals surface area (Å²) in [6.07, 6.45) is 3.75. The zero-order valence-electron chi connectivity index (χ0n) is 20.2. The van der Waals surface area contributed by atoms with Gasteiger partial charge >= 0.3 is 12.1 Å². The first-order valence-electron chi connectivity index (χ1n) is 12.6. The summed E-state index contributed by atoms with van der Waals surface area (Å²) < 4.78 is 5.63. The Balaban J connectivity index is 1.24. The Hall–Kier alpha value is -3.35. The number of ether oxygens (including phenoxy) is 1. The molecule has 0 spiro atoms. The van der Waals surface area contributed by atoms with Crippen molar-refractivity contribution in [3.63, 3.8) is 0 Å². The highest BCUT2D eigenvalue weighted by Gasteiger charge is 2.30. The van der Waals surface area contributed by atoms with Crippen LogP contribution in [0.2, 0.25) is 0 Å². The fraction of sp³-hybridized carbons (Fsp3) is 0.464. The molecule has 0 heterocycles. The second-order valence-electron chi connectivity index (χ2n) is 9.58. The maximum atomic E-state index is 12.6. The van der Waals surface area contributed by atoms with Crippen LogP contribution in [0.3, 0.4) is 0 Å². The number of rotatable bonds is 9. The summed E-state index contributed by atoms with van der Waals surface area (Å²) in [6, 6.07) is 16.2. The predicted octanol–water partition coefficient (Wildman–Crippen LogP) is 4.84. The second kappa shape index (κ2) is 11.4. The van der Waals surface area contributed by atoms with Crippen molar-refractivity contribution in [2.75, 3.05) is 6.61 Å². The van der Waals surface area contributed by atoms with Crippen LogP contribution >= 0.6 is 0 Å². The molecule has 2 aliphatic carbocycles. The van der Waals surface area contributed by atoms with Crippen LogP contribution in [-0.4, -0.2) is 41.8 Å².